The molecule has 27 heavy (non-hydrogen) atoms. The number of nitrogens with zero attached hydrogens (tertiary/aromatic N) is 1. The van der Waals surface area contributed by atoms with Crippen molar-refractivity contribution in [1.82, 2.24) is 5.16 Å². The second-order valence-corrected chi connectivity index (χ2v) is 7.06. The third-order valence-corrected chi connectivity index (χ3v) is 4.93. The Labute approximate surface area is 160 Å². The largest absolute Gasteiger partial charge is 0.455 e. The van der Waals surface area contributed by atoms with E-state index >= 15 is 0 Å². The molecule has 1 aliphatic heterocycles. The van der Waals surface area contributed by atoms with E-state index in [0.717, 1.165) is 16.2 Å². The van der Waals surface area contributed by atoms with Crippen LogP contribution in [0.3, 0.4) is 0 Å². The van der Waals surface area contributed by atoms with Crippen LogP contribution in [0.5, 0.6) is 11.5 Å². The number of benzene rings is 2. The molecule has 0 atom stereocenters. The molecule has 0 unspecified atom stereocenters. The summed E-state index contributed by atoms with van der Waals surface area (Å²) in [5.41, 5.74) is 1.91. The van der Waals surface area contributed by atoms with Gasteiger partial charge < -0.3 is 18.7 Å². The van der Waals surface area contributed by atoms with Gasteiger partial charge in [-0.1, -0.05) is 24.2 Å². The number of ether oxygens (including phenoxy) is 3. The number of carbonyl (C=O) groups is 1. The average Bonchev–Trinajstić information content (AvgIpc) is 3.35. The molecular formula is C20H17NO5S. The van der Waals surface area contributed by atoms with Crippen LogP contribution in [-0.4, -0.2) is 23.7 Å². The highest BCUT2D eigenvalue weighted by atomic mass is 32.2. The van der Waals surface area contributed by atoms with Crippen molar-refractivity contribution in [3.8, 4) is 22.8 Å². The van der Waals surface area contributed by atoms with Gasteiger partial charge >= 0.3 is 5.97 Å². The summed E-state index contributed by atoms with van der Waals surface area (Å²) in [4.78, 5) is 13.3. The molecule has 0 aliphatic carbocycles. The van der Waals surface area contributed by atoms with Crippen LogP contribution in [0.25, 0.3) is 11.3 Å². The molecule has 0 amide bonds. The van der Waals surface area contributed by atoms with Crippen LogP contribution in [0.2, 0.25) is 0 Å². The van der Waals surface area contributed by atoms with Gasteiger partial charge in [-0.2, -0.15) is 0 Å². The molecule has 0 fully saturated rings. The number of rotatable bonds is 6. The first-order chi connectivity index (χ1) is 13.2. The topological polar surface area (TPSA) is 70.8 Å². The monoisotopic (exact) mass is 383 g/mol. The summed E-state index contributed by atoms with van der Waals surface area (Å²) in [7, 11) is 0. The highest BCUT2D eigenvalue weighted by molar-refractivity contribution is 7.99. The molecule has 2 aromatic carbocycles. The van der Waals surface area contributed by atoms with Crippen molar-refractivity contribution in [2.45, 2.75) is 18.4 Å². The molecule has 1 aromatic heterocycles. The maximum Gasteiger partial charge on any atom is 0.339 e. The normalized spacial score (nSPS) is 12.2. The van der Waals surface area contributed by atoms with Crippen LogP contribution in [0.15, 0.2) is 57.9 Å². The third-order valence-electron chi connectivity index (χ3n) is 3.97. The SMILES string of the molecule is CCSc1ccccc1C(=O)OCc1cc(-c2ccc3c(c2)OCO3)on1. The van der Waals surface area contributed by atoms with Crippen molar-refractivity contribution in [2.24, 2.45) is 0 Å². The number of hydrogen-bond donors (Lipinski definition) is 0. The number of esters is 1. The van der Waals surface area contributed by atoms with Crippen molar-refractivity contribution < 1.29 is 23.5 Å². The molecule has 0 N–H and O–H groups in total. The van der Waals surface area contributed by atoms with Gasteiger partial charge in [0.05, 0.1) is 5.56 Å². The van der Waals surface area contributed by atoms with Crippen LogP contribution >= 0.6 is 11.8 Å². The molecule has 4 rings (SSSR count). The quantitative estimate of drug-likeness (QED) is 0.457. The fraction of sp³-hybridized carbons (Fsp3) is 0.200. The third kappa shape index (κ3) is 3.78. The van der Waals surface area contributed by atoms with E-state index in [1.54, 1.807) is 23.9 Å². The Balaban J connectivity index is 1.43. The second-order valence-electron chi connectivity index (χ2n) is 5.76. The maximum absolute atomic E-state index is 12.4. The number of aromatic nitrogens is 1. The van der Waals surface area contributed by atoms with Crippen molar-refractivity contribution >= 4 is 17.7 Å². The van der Waals surface area contributed by atoms with Gasteiger partial charge in [-0.3, -0.25) is 0 Å². The fourth-order valence-corrected chi connectivity index (χ4v) is 3.49. The lowest BCUT2D eigenvalue weighted by atomic mass is 10.1. The predicted molar refractivity (Wildman–Crippen MR) is 100 cm³/mol. The van der Waals surface area contributed by atoms with Gasteiger partial charge in [-0.15, -0.1) is 11.8 Å². The first-order valence-corrected chi connectivity index (χ1v) is 9.47. The van der Waals surface area contributed by atoms with Crippen molar-refractivity contribution in [1.29, 1.82) is 0 Å². The van der Waals surface area contributed by atoms with Gasteiger partial charge in [-0.25, -0.2) is 4.79 Å². The Morgan fingerprint density at radius 3 is 2.89 bits per heavy atom. The lowest BCUT2D eigenvalue weighted by Gasteiger charge is -2.07. The van der Waals surface area contributed by atoms with Crippen molar-refractivity contribution in [3.63, 3.8) is 0 Å². The first kappa shape index (κ1) is 17.5. The minimum absolute atomic E-state index is 0.0397. The zero-order chi connectivity index (χ0) is 18.6. The zero-order valence-corrected chi connectivity index (χ0v) is 15.5. The second kappa shape index (κ2) is 7.75. The highest BCUT2D eigenvalue weighted by Crippen LogP contribution is 2.36. The molecule has 0 spiro atoms. The van der Waals surface area contributed by atoms with Crippen molar-refractivity contribution in [3.05, 3.63) is 59.8 Å². The molecule has 138 valence electrons. The van der Waals surface area contributed by atoms with E-state index in [1.165, 1.54) is 0 Å². The lowest BCUT2D eigenvalue weighted by Crippen LogP contribution is -2.06. The van der Waals surface area contributed by atoms with Crippen LogP contribution in [0.1, 0.15) is 23.0 Å². The molecule has 0 saturated carbocycles. The van der Waals surface area contributed by atoms with E-state index in [0.29, 0.717) is 28.5 Å². The molecule has 0 bridgehead atoms. The van der Waals surface area contributed by atoms with E-state index in [1.807, 2.05) is 43.3 Å². The minimum atomic E-state index is -0.376. The summed E-state index contributed by atoms with van der Waals surface area (Å²) in [5.74, 6) is 2.45. The summed E-state index contributed by atoms with van der Waals surface area (Å²) in [6.45, 7) is 2.30. The van der Waals surface area contributed by atoms with Gasteiger partial charge in [0.15, 0.2) is 17.3 Å². The van der Waals surface area contributed by atoms with Gasteiger partial charge in [0.2, 0.25) is 6.79 Å². The number of carbonyl (C=O) groups excluding carboxylic acids is 1. The molecule has 6 nitrogen and oxygen atoms in total. The van der Waals surface area contributed by atoms with E-state index in [9.17, 15) is 4.79 Å². The minimum Gasteiger partial charge on any atom is -0.455 e. The highest BCUT2D eigenvalue weighted by Gasteiger charge is 2.17. The van der Waals surface area contributed by atoms with Crippen LogP contribution < -0.4 is 9.47 Å². The Morgan fingerprint density at radius 1 is 1.15 bits per heavy atom. The van der Waals surface area contributed by atoms with Gasteiger partial charge in [0.1, 0.15) is 12.3 Å². The molecule has 1 aliphatic rings. The summed E-state index contributed by atoms with van der Waals surface area (Å²) < 4.78 is 21.4. The molecule has 2 heterocycles. The summed E-state index contributed by atoms with van der Waals surface area (Å²) in [6, 6.07) is 14.7. The maximum atomic E-state index is 12.4. The summed E-state index contributed by atoms with van der Waals surface area (Å²) >= 11 is 1.61. The predicted octanol–water partition coefficient (Wildman–Crippen LogP) is 4.54. The molecule has 0 saturated heterocycles. The van der Waals surface area contributed by atoms with Crippen molar-refractivity contribution in [2.75, 3.05) is 12.5 Å². The fourth-order valence-electron chi connectivity index (χ4n) is 2.70. The molecule has 7 heteroatoms. The van der Waals surface area contributed by atoms with Crippen LogP contribution in [0.4, 0.5) is 0 Å². The zero-order valence-electron chi connectivity index (χ0n) is 14.6. The molecular weight excluding hydrogens is 366 g/mol. The first-order valence-electron chi connectivity index (χ1n) is 8.49. The number of fused-ring (bicyclic) bond motifs is 1. The average molecular weight is 383 g/mol. The number of thioether (sulfide) groups is 1. The Kier molecular flexibility index (Phi) is 5.02. The van der Waals surface area contributed by atoms with Gasteiger partial charge in [-0.05, 0) is 36.1 Å². The molecule has 0 radical (unpaired) electrons. The summed E-state index contributed by atoms with van der Waals surface area (Å²) in [6.07, 6.45) is 0. The van der Waals surface area contributed by atoms with E-state index in [4.69, 9.17) is 18.7 Å². The Morgan fingerprint density at radius 2 is 2.00 bits per heavy atom. The number of hydrogen-bond acceptors (Lipinski definition) is 7. The lowest BCUT2D eigenvalue weighted by molar-refractivity contribution is 0.0460. The molecule has 3 aromatic rings. The van der Waals surface area contributed by atoms with E-state index in [2.05, 4.69) is 5.16 Å². The Bertz CT molecular complexity index is 969. The van der Waals surface area contributed by atoms with Gasteiger partial charge in [0.25, 0.3) is 0 Å². The van der Waals surface area contributed by atoms with Crippen LogP contribution in [0, 0.1) is 0 Å². The standard InChI is InChI=1S/C20H17NO5S/c1-2-27-19-6-4-3-5-15(19)20(22)23-11-14-10-17(26-21-14)13-7-8-16-18(9-13)25-12-24-16/h3-10H,2,11-12H2,1H3. The smallest absolute Gasteiger partial charge is 0.339 e. The Hall–Kier alpha value is -2.93. The van der Waals surface area contributed by atoms with E-state index in [-0.39, 0.29) is 19.4 Å². The van der Waals surface area contributed by atoms with Gasteiger partial charge in [0, 0.05) is 16.5 Å². The van der Waals surface area contributed by atoms with E-state index < -0.39 is 0 Å². The summed E-state index contributed by atoms with van der Waals surface area (Å²) in [5, 5.41) is 3.98. The van der Waals surface area contributed by atoms with Crippen LogP contribution in [-0.2, 0) is 11.3 Å².